The van der Waals surface area contributed by atoms with Crippen LogP contribution in [0.5, 0.6) is 0 Å². The Balaban J connectivity index is 1.99. The minimum atomic E-state index is 0.289. The van der Waals surface area contributed by atoms with E-state index in [0.29, 0.717) is 0 Å². The Morgan fingerprint density at radius 3 is 2.44 bits per heavy atom. The maximum atomic E-state index is 5.03. The van der Waals surface area contributed by atoms with Gasteiger partial charge in [-0.25, -0.2) is 0 Å². The monoisotopic (exact) mass is 267 g/mol. The Labute approximate surface area is 116 Å². The number of nitrogens with zero attached hydrogens (tertiary/aromatic N) is 1. The summed E-state index contributed by atoms with van der Waals surface area (Å²) in [5, 5.41) is 0. The number of allylic oxidation sites excluding steroid dienone is 2. The van der Waals surface area contributed by atoms with Crippen LogP contribution in [-0.2, 0) is 10.7 Å². The van der Waals surface area contributed by atoms with Crippen molar-refractivity contribution in [3.05, 3.63) is 11.0 Å². The van der Waals surface area contributed by atoms with Crippen molar-refractivity contribution in [3.8, 4) is 0 Å². The van der Waals surface area contributed by atoms with Crippen molar-refractivity contribution in [2.45, 2.75) is 77.0 Å². The smallest absolute Gasteiger partial charge is 0.0462 e. The van der Waals surface area contributed by atoms with Crippen LogP contribution in [0.25, 0.3) is 0 Å². The second kappa shape index (κ2) is 8.90. The highest BCUT2D eigenvalue weighted by molar-refractivity contribution is 7.91. The summed E-state index contributed by atoms with van der Waals surface area (Å²) in [5.74, 6) is 1.35. The molecule has 0 aromatic carbocycles. The van der Waals surface area contributed by atoms with Gasteiger partial charge in [-0.15, -0.1) is 0 Å². The van der Waals surface area contributed by atoms with Gasteiger partial charge >= 0.3 is 0 Å². The van der Waals surface area contributed by atoms with Gasteiger partial charge in [-0.05, 0) is 43.4 Å². The zero-order chi connectivity index (χ0) is 12.5. The molecule has 1 atom stereocenters. The number of rotatable bonds is 1. The summed E-state index contributed by atoms with van der Waals surface area (Å²) in [7, 11) is 0.289. The number of hydrogen-bond acceptors (Lipinski definition) is 1. The van der Waals surface area contributed by atoms with Crippen molar-refractivity contribution in [2.75, 3.05) is 12.3 Å². The maximum absolute atomic E-state index is 5.03. The minimum Gasteiger partial charge on any atom is -0.260 e. The second-order valence-electron chi connectivity index (χ2n) is 5.67. The van der Waals surface area contributed by atoms with E-state index in [0.717, 1.165) is 6.54 Å². The van der Waals surface area contributed by atoms with Crippen molar-refractivity contribution in [3.63, 3.8) is 0 Å². The summed E-state index contributed by atoms with van der Waals surface area (Å²) >= 11 is 0. The first kappa shape index (κ1) is 14.3. The molecule has 0 aromatic rings. The third kappa shape index (κ3) is 5.26. The van der Waals surface area contributed by atoms with Crippen LogP contribution in [0.2, 0.25) is 0 Å². The molecule has 0 saturated carbocycles. The normalized spacial score (nSPS) is 31.3. The molecule has 0 aromatic heterocycles. The molecule has 1 aliphatic heterocycles. The number of hydrogen-bond donors (Lipinski definition) is 0. The molecule has 0 saturated heterocycles. The maximum Gasteiger partial charge on any atom is 0.0462 e. The van der Waals surface area contributed by atoms with Crippen LogP contribution in [0.3, 0.4) is 0 Å². The van der Waals surface area contributed by atoms with Crippen LogP contribution in [0.15, 0.2) is 15.3 Å². The van der Waals surface area contributed by atoms with E-state index >= 15 is 0 Å². The summed E-state index contributed by atoms with van der Waals surface area (Å²) in [4.78, 5) is 1.72. The van der Waals surface area contributed by atoms with E-state index in [2.05, 4.69) is 6.08 Å². The molecule has 1 heterocycles. The third-order valence-electron chi connectivity index (χ3n) is 4.04. The molecule has 0 bridgehead atoms. The molecule has 0 N–H and O–H groups in total. The van der Waals surface area contributed by atoms with Crippen molar-refractivity contribution >= 4 is 10.7 Å². The molecule has 2 aliphatic rings. The average molecular weight is 267 g/mol. The highest BCUT2D eigenvalue weighted by Crippen LogP contribution is 2.22. The standard InChI is InChI=1S/C16H29NS/c1-2-5-9-13-16(12-8-4-1)18-15-11-7-3-6-10-14-17-18/h12H,1-11,13-15H2/b16-12+. The average Bonchev–Trinajstić information content (AvgIpc) is 2.61. The first-order valence-electron chi connectivity index (χ1n) is 8.04. The summed E-state index contributed by atoms with van der Waals surface area (Å²) in [6, 6.07) is 0. The first-order chi connectivity index (χ1) is 8.97. The summed E-state index contributed by atoms with van der Waals surface area (Å²) < 4.78 is 5.03. The molecule has 1 aliphatic carbocycles. The second-order valence-corrected chi connectivity index (χ2v) is 7.59. The van der Waals surface area contributed by atoms with Crippen molar-refractivity contribution in [2.24, 2.45) is 4.36 Å². The van der Waals surface area contributed by atoms with Gasteiger partial charge in [-0.2, -0.15) is 0 Å². The zero-order valence-electron chi connectivity index (χ0n) is 11.8. The molecule has 0 spiro atoms. The van der Waals surface area contributed by atoms with Gasteiger partial charge in [0.25, 0.3) is 0 Å². The zero-order valence-corrected chi connectivity index (χ0v) is 12.6. The molecule has 1 unspecified atom stereocenters. The van der Waals surface area contributed by atoms with Gasteiger partial charge < -0.3 is 0 Å². The highest BCUT2D eigenvalue weighted by atomic mass is 32.2. The lowest BCUT2D eigenvalue weighted by Crippen LogP contribution is -2.02. The lowest BCUT2D eigenvalue weighted by atomic mass is 10.1. The lowest BCUT2D eigenvalue weighted by molar-refractivity contribution is 0.631. The Morgan fingerprint density at radius 2 is 1.50 bits per heavy atom. The fourth-order valence-electron chi connectivity index (χ4n) is 2.89. The van der Waals surface area contributed by atoms with Crippen LogP contribution < -0.4 is 0 Å². The third-order valence-corrected chi connectivity index (χ3v) is 6.19. The van der Waals surface area contributed by atoms with Crippen LogP contribution in [0, 0.1) is 0 Å². The molecule has 104 valence electrons. The van der Waals surface area contributed by atoms with Crippen molar-refractivity contribution < 1.29 is 0 Å². The fourth-order valence-corrected chi connectivity index (χ4v) is 4.96. The van der Waals surface area contributed by atoms with E-state index < -0.39 is 0 Å². The Kier molecular flexibility index (Phi) is 7.07. The van der Waals surface area contributed by atoms with E-state index in [1.807, 2.05) is 0 Å². The van der Waals surface area contributed by atoms with Crippen LogP contribution in [0.1, 0.15) is 77.0 Å². The first-order valence-corrected chi connectivity index (χ1v) is 9.39. The Bertz CT molecular complexity index is 263. The van der Waals surface area contributed by atoms with E-state index in [-0.39, 0.29) is 10.7 Å². The van der Waals surface area contributed by atoms with Gasteiger partial charge in [0.1, 0.15) is 0 Å². The molecule has 0 fully saturated rings. The molecule has 2 rings (SSSR count). The lowest BCUT2D eigenvalue weighted by Gasteiger charge is -2.12. The van der Waals surface area contributed by atoms with E-state index in [4.69, 9.17) is 4.36 Å². The topological polar surface area (TPSA) is 12.4 Å². The van der Waals surface area contributed by atoms with Gasteiger partial charge in [0.2, 0.25) is 0 Å². The molecular formula is C16H29NS. The summed E-state index contributed by atoms with van der Waals surface area (Å²) in [6.07, 6.45) is 19.4. The van der Waals surface area contributed by atoms with Crippen LogP contribution in [-0.4, -0.2) is 12.3 Å². The van der Waals surface area contributed by atoms with Gasteiger partial charge in [0, 0.05) is 12.3 Å². The Hall–Kier alpha value is -0.110. The van der Waals surface area contributed by atoms with Gasteiger partial charge in [0.15, 0.2) is 0 Å². The van der Waals surface area contributed by atoms with Gasteiger partial charge in [-0.1, -0.05) is 55.3 Å². The molecule has 0 radical (unpaired) electrons. The minimum absolute atomic E-state index is 0.289. The van der Waals surface area contributed by atoms with Crippen molar-refractivity contribution in [1.82, 2.24) is 0 Å². The highest BCUT2D eigenvalue weighted by Gasteiger charge is 2.08. The van der Waals surface area contributed by atoms with Gasteiger partial charge in [0.05, 0.1) is 0 Å². The largest absolute Gasteiger partial charge is 0.260 e. The van der Waals surface area contributed by atoms with E-state index in [1.165, 1.54) is 82.8 Å². The van der Waals surface area contributed by atoms with Crippen LogP contribution >= 0.6 is 0 Å². The predicted octanol–water partition coefficient (Wildman–Crippen LogP) is 5.38. The molecular weight excluding hydrogens is 238 g/mol. The SMILES string of the molecule is C1=C(/S2=NCCCCCCC2)CCCCCCC/1. The quantitative estimate of drug-likeness (QED) is 0.605. The van der Waals surface area contributed by atoms with E-state index in [9.17, 15) is 0 Å². The van der Waals surface area contributed by atoms with Crippen LogP contribution in [0.4, 0.5) is 0 Å². The summed E-state index contributed by atoms with van der Waals surface area (Å²) in [5.41, 5.74) is 0. The Morgan fingerprint density at radius 1 is 0.778 bits per heavy atom. The fraction of sp³-hybridized carbons (Fsp3) is 0.875. The predicted molar refractivity (Wildman–Crippen MR) is 83.0 cm³/mol. The summed E-state index contributed by atoms with van der Waals surface area (Å²) in [6.45, 7) is 1.13. The molecule has 2 heteroatoms. The van der Waals surface area contributed by atoms with Crippen molar-refractivity contribution in [1.29, 1.82) is 0 Å². The van der Waals surface area contributed by atoms with Gasteiger partial charge in [-0.3, -0.25) is 4.36 Å². The molecule has 1 nitrogen and oxygen atoms in total. The molecule has 18 heavy (non-hydrogen) atoms. The van der Waals surface area contributed by atoms with E-state index in [1.54, 1.807) is 4.91 Å². The molecule has 0 amide bonds.